The summed E-state index contributed by atoms with van der Waals surface area (Å²) >= 11 is 0. The summed E-state index contributed by atoms with van der Waals surface area (Å²) in [6.45, 7) is 6.54. The monoisotopic (exact) mass is 437 g/mol. The minimum Gasteiger partial charge on any atom is -0.493 e. The van der Waals surface area contributed by atoms with Gasteiger partial charge in [0.05, 0.1) is 17.6 Å². The molecule has 0 saturated heterocycles. The molecule has 3 aromatic rings. The van der Waals surface area contributed by atoms with E-state index in [1.807, 2.05) is 6.07 Å². The molecule has 1 heterocycles. The second kappa shape index (κ2) is 12.2. The Morgan fingerprint density at radius 3 is 2.75 bits per heavy atom. The smallest absolute Gasteiger partial charge is 0.245 e. The zero-order chi connectivity index (χ0) is 22.8. The summed E-state index contributed by atoms with van der Waals surface area (Å²) < 4.78 is 13.2. The molecule has 0 bridgehead atoms. The van der Waals surface area contributed by atoms with Gasteiger partial charge in [0.2, 0.25) is 5.91 Å². The van der Waals surface area contributed by atoms with Gasteiger partial charge in [-0.15, -0.1) is 0 Å². The molecule has 0 aliphatic rings. The van der Waals surface area contributed by atoms with Crippen LogP contribution in [0.25, 0.3) is 11.0 Å². The van der Waals surface area contributed by atoms with Crippen molar-refractivity contribution in [3.05, 3.63) is 59.4 Å². The lowest BCUT2D eigenvalue weighted by Crippen LogP contribution is -2.27. The number of imidazole rings is 1. The number of rotatable bonds is 13. The summed E-state index contributed by atoms with van der Waals surface area (Å²) in [4.78, 5) is 16.3. The fourth-order valence-corrected chi connectivity index (χ4v) is 3.83. The Labute approximate surface area is 190 Å². The zero-order valence-corrected chi connectivity index (χ0v) is 19.5. The molecule has 0 unspecified atom stereocenters. The van der Waals surface area contributed by atoms with Gasteiger partial charge in [0.1, 0.15) is 18.2 Å². The molecule has 0 aliphatic heterocycles. The van der Waals surface area contributed by atoms with Crippen LogP contribution in [0, 0.1) is 13.8 Å². The van der Waals surface area contributed by atoms with Crippen molar-refractivity contribution >= 4 is 16.9 Å². The number of benzene rings is 2. The molecule has 172 valence electrons. The summed E-state index contributed by atoms with van der Waals surface area (Å²) in [6.07, 6.45) is 4.90. The molecule has 2 aromatic carbocycles. The van der Waals surface area contributed by atoms with E-state index in [0.29, 0.717) is 13.2 Å². The van der Waals surface area contributed by atoms with Gasteiger partial charge in [-0.05, 0) is 62.4 Å². The third-order valence-electron chi connectivity index (χ3n) is 5.54. The predicted molar refractivity (Wildman–Crippen MR) is 128 cm³/mol. The number of aromatic nitrogens is 2. The van der Waals surface area contributed by atoms with Crippen LogP contribution in [-0.4, -0.2) is 42.3 Å². The molecule has 0 atom stereocenters. The number of nitrogens with zero attached hydrogens (tertiary/aromatic N) is 2. The van der Waals surface area contributed by atoms with E-state index in [9.17, 15) is 4.79 Å². The SMILES string of the molecule is COCC(=O)NCCCCCc1nc2ccccc2n1CCCOc1cc(C)ccc1C. The fraction of sp³-hybridized carbons (Fsp3) is 0.462. The lowest BCUT2D eigenvalue weighted by molar-refractivity contribution is -0.124. The third kappa shape index (κ3) is 6.82. The topological polar surface area (TPSA) is 65.4 Å². The number of amides is 1. The van der Waals surface area contributed by atoms with E-state index in [4.69, 9.17) is 14.5 Å². The number of carbonyl (C=O) groups excluding carboxylic acids is 1. The van der Waals surface area contributed by atoms with E-state index in [2.05, 4.69) is 60.1 Å². The van der Waals surface area contributed by atoms with Crippen LogP contribution in [0.5, 0.6) is 5.75 Å². The molecule has 0 radical (unpaired) electrons. The molecule has 0 aliphatic carbocycles. The Hall–Kier alpha value is -2.86. The maximum absolute atomic E-state index is 11.4. The molecule has 0 spiro atoms. The average Bonchev–Trinajstić information content (AvgIpc) is 3.13. The van der Waals surface area contributed by atoms with E-state index >= 15 is 0 Å². The minimum atomic E-state index is -0.0580. The van der Waals surface area contributed by atoms with Gasteiger partial charge in [-0.3, -0.25) is 4.79 Å². The first-order chi connectivity index (χ1) is 15.6. The summed E-state index contributed by atoms with van der Waals surface area (Å²) in [7, 11) is 1.53. The Morgan fingerprint density at radius 2 is 1.91 bits per heavy atom. The normalized spacial score (nSPS) is 11.1. The van der Waals surface area contributed by atoms with Crippen LogP contribution in [0.3, 0.4) is 0 Å². The van der Waals surface area contributed by atoms with Gasteiger partial charge in [-0.25, -0.2) is 4.98 Å². The first kappa shape index (κ1) is 23.8. The van der Waals surface area contributed by atoms with E-state index < -0.39 is 0 Å². The maximum Gasteiger partial charge on any atom is 0.245 e. The zero-order valence-electron chi connectivity index (χ0n) is 19.5. The number of carbonyl (C=O) groups is 1. The summed E-state index contributed by atoms with van der Waals surface area (Å²) in [5.74, 6) is 2.04. The van der Waals surface area contributed by atoms with Gasteiger partial charge < -0.3 is 19.4 Å². The molecule has 0 fully saturated rings. The number of unbranched alkanes of at least 4 members (excludes halogenated alkanes) is 2. The van der Waals surface area contributed by atoms with Crippen molar-refractivity contribution in [2.24, 2.45) is 0 Å². The first-order valence-electron chi connectivity index (χ1n) is 11.5. The van der Waals surface area contributed by atoms with Crippen LogP contribution in [0.15, 0.2) is 42.5 Å². The van der Waals surface area contributed by atoms with Gasteiger partial charge in [-0.2, -0.15) is 0 Å². The van der Waals surface area contributed by atoms with E-state index in [1.54, 1.807) is 0 Å². The predicted octanol–water partition coefficient (Wildman–Crippen LogP) is 4.60. The van der Waals surface area contributed by atoms with Crippen LogP contribution in [0.1, 0.15) is 42.6 Å². The molecule has 1 aromatic heterocycles. The van der Waals surface area contributed by atoms with Crippen molar-refractivity contribution in [1.29, 1.82) is 0 Å². The summed E-state index contributed by atoms with van der Waals surface area (Å²) in [5.41, 5.74) is 4.61. The highest BCUT2D eigenvalue weighted by Gasteiger charge is 2.10. The van der Waals surface area contributed by atoms with E-state index in [0.717, 1.165) is 55.7 Å². The van der Waals surface area contributed by atoms with Crippen LogP contribution in [0.2, 0.25) is 0 Å². The number of aryl methyl sites for hydroxylation is 4. The molecule has 1 N–H and O–H groups in total. The minimum absolute atomic E-state index is 0.0580. The van der Waals surface area contributed by atoms with Crippen molar-refractivity contribution in [3.63, 3.8) is 0 Å². The van der Waals surface area contributed by atoms with Crippen LogP contribution < -0.4 is 10.1 Å². The number of para-hydroxylation sites is 2. The molecular formula is C26H35N3O3. The average molecular weight is 438 g/mol. The van der Waals surface area contributed by atoms with Crippen molar-refractivity contribution < 1.29 is 14.3 Å². The van der Waals surface area contributed by atoms with E-state index in [1.165, 1.54) is 23.8 Å². The van der Waals surface area contributed by atoms with E-state index in [-0.39, 0.29) is 12.5 Å². The van der Waals surface area contributed by atoms with Crippen molar-refractivity contribution in [2.45, 2.75) is 52.5 Å². The number of hydrogen-bond donors (Lipinski definition) is 1. The van der Waals surface area contributed by atoms with Gasteiger partial charge in [0.15, 0.2) is 0 Å². The van der Waals surface area contributed by atoms with Crippen LogP contribution >= 0.6 is 0 Å². The van der Waals surface area contributed by atoms with Crippen LogP contribution in [-0.2, 0) is 22.5 Å². The number of methoxy groups -OCH3 is 1. The number of fused-ring (bicyclic) bond motifs is 1. The standard InChI is InChI=1S/C26H35N3O3/c1-20-13-14-21(2)24(18-20)32-17-9-16-29-23-11-7-6-10-22(23)28-25(29)12-5-4-8-15-27-26(30)19-31-3/h6-7,10-11,13-14,18H,4-5,8-9,12,15-17,19H2,1-3H3,(H,27,30). The van der Waals surface area contributed by atoms with Gasteiger partial charge in [-0.1, -0.05) is 30.7 Å². The molecule has 0 saturated carbocycles. The molecule has 3 rings (SSSR count). The molecule has 6 nitrogen and oxygen atoms in total. The highest BCUT2D eigenvalue weighted by atomic mass is 16.5. The Kier molecular flexibility index (Phi) is 9.11. The second-order valence-electron chi connectivity index (χ2n) is 8.23. The van der Waals surface area contributed by atoms with Crippen LogP contribution in [0.4, 0.5) is 0 Å². The highest BCUT2D eigenvalue weighted by molar-refractivity contribution is 5.77. The fourth-order valence-electron chi connectivity index (χ4n) is 3.83. The summed E-state index contributed by atoms with van der Waals surface area (Å²) in [6, 6.07) is 14.6. The Morgan fingerprint density at radius 1 is 1.06 bits per heavy atom. The quantitative estimate of drug-likeness (QED) is 0.397. The third-order valence-corrected chi connectivity index (χ3v) is 5.54. The van der Waals surface area contributed by atoms with Crippen molar-refractivity contribution in [2.75, 3.05) is 26.9 Å². The molecular weight excluding hydrogens is 402 g/mol. The number of nitrogens with one attached hydrogen (secondary N) is 1. The largest absolute Gasteiger partial charge is 0.493 e. The maximum atomic E-state index is 11.4. The number of ether oxygens (including phenoxy) is 2. The van der Waals surface area contributed by atoms with Crippen molar-refractivity contribution in [3.8, 4) is 5.75 Å². The molecule has 1 amide bonds. The molecule has 32 heavy (non-hydrogen) atoms. The Bertz CT molecular complexity index is 1010. The van der Waals surface area contributed by atoms with Gasteiger partial charge in [0.25, 0.3) is 0 Å². The summed E-state index contributed by atoms with van der Waals surface area (Å²) in [5, 5.41) is 2.87. The van der Waals surface area contributed by atoms with Gasteiger partial charge >= 0.3 is 0 Å². The number of hydrogen-bond acceptors (Lipinski definition) is 4. The molecule has 6 heteroatoms. The lowest BCUT2D eigenvalue weighted by Gasteiger charge is -2.12. The van der Waals surface area contributed by atoms with Gasteiger partial charge in [0, 0.05) is 26.6 Å². The lowest BCUT2D eigenvalue weighted by atomic mass is 10.1. The highest BCUT2D eigenvalue weighted by Crippen LogP contribution is 2.21. The second-order valence-corrected chi connectivity index (χ2v) is 8.23. The Balaban J connectivity index is 1.51. The van der Waals surface area contributed by atoms with Crippen molar-refractivity contribution in [1.82, 2.24) is 14.9 Å². The first-order valence-corrected chi connectivity index (χ1v) is 11.5.